The summed E-state index contributed by atoms with van der Waals surface area (Å²) in [6.45, 7) is 6.34. The summed E-state index contributed by atoms with van der Waals surface area (Å²) >= 11 is 0. The highest BCUT2D eigenvalue weighted by atomic mass is 16.5. The smallest absolute Gasteiger partial charge is 0.200 e. The van der Waals surface area contributed by atoms with Crippen LogP contribution in [0, 0.1) is 23.7 Å². The van der Waals surface area contributed by atoms with Crippen LogP contribution in [0.2, 0.25) is 0 Å². The van der Waals surface area contributed by atoms with E-state index in [2.05, 4.69) is 24.9 Å². The van der Waals surface area contributed by atoms with Gasteiger partial charge in [-0.3, -0.25) is 0 Å². The van der Waals surface area contributed by atoms with Crippen LogP contribution in [0.3, 0.4) is 0 Å². The highest BCUT2D eigenvalue weighted by molar-refractivity contribution is 5.82. The van der Waals surface area contributed by atoms with Crippen LogP contribution in [0.1, 0.15) is 43.0 Å². The molecule has 6 nitrogen and oxygen atoms in total. The number of aromatic hydroxyl groups is 1. The summed E-state index contributed by atoms with van der Waals surface area (Å²) in [6.07, 6.45) is 1.04. The predicted octanol–water partition coefficient (Wildman–Crippen LogP) is 3.75. The molecular weight excluding hydrogens is 330 g/mol. The Kier molecular flexibility index (Phi) is 4.19. The lowest BCUT2D eigenvalue weighted by atomic mass is 9.92. The van der Waals surface area contributed by atoms with Crippen molar-refractivity contribution in [3.8, 4) is 34.4 Å². The molecule has 26 heavy (non-hydrogen) atoms. The fourth-order valence-corrected chi connectivity index (χ4v) is 3.50. The van der Waals surface area contributed by atoms with Crippen molar-refractivity contribution in [1.29, 1.82) is 5.26 Å². The number of phenolic OH excluding ortho intramolecular Hbond substituents is 1. The lowest BCUT2D eigenvalue weighted by Gasteiger charge is -2.17. The highest BCUT2D eigenvalue weighted by Gasteiger charge is 2.48. The first-order chi connectivity index (χ1) is 12.2. The number of hydrogen-bond acceptors (Lipinski definition) is 6. The average Bonchev–Trinajstić information content (AvgIpc) is 3.24. The van der Waals surface area contributed by atoms with Crippen molar-refractivity contribution < 1.29 is 14.6 Å². The van der Waals surface area contributed by atoms with E-state index in [1.807, 2.05) is 6.92 Å². The number of nitriles is 1. The Labute approximate surface area is 153 Å². The molecule has 1 saturated carbocycles. The number of nitrogens with two attached hydrogens (primary N) is 1. The second kappa shape index (κ2) is 6.10. The monoisotopic (exact) mass is 353 g/mol. The zero-order valence-corrected chi connectivity index (χ0v) is 15.7. The van der Waals surface area contributed by atoms with Crippen molar-refractivity contribution >= 4 is 5.82 Å². The summed E-state index contributed by atoms with van der Waals surface area (Å²) in [7, 11) is 2.94. The molecule has 1 unspecified atom stereocenters. The van der Waals surface area contributed by atoms with Gasteiger partial charge in [-0.2, -0.15) is 5.26 Å². The summed E-state index contributed by atoms with van der Waals surface area (Å²) in [5.41, 5.74) is 9.86. The molecule has 3 rings (SSSR count). The SMILES string of the molecule is COc1cc(-c2c(C)c(C3CC3(C)C)nc(N)c2C#N)cc(OC)c1O. The number of rotatable bonds is 4. The third-order valence-electron chi connectivity index (χ3n) is 5.23. The standard InChI is InChI=1S/C20H23N3O3/c1-10-16(11-6-14(25-4)18(24)15(7-11)26-5)12(9-21)19(22)23-17(10)13-8-20(13,2)3/h6-7,13,24H,8H2,1-5H3,(H2,22,23). The van der Waals surface area contributed by atoms with Gasteiger partial charge in [0.1, 0.15) is 17.5 Å². The first-order valence-electron chi connectivity index (χ1n) is 8.40. The highest BCUT2D eigenvalue weighted by Crippen LogP contribution is 2.59. The first-order valence-corrected chi connectivity index (χ1v) is 8.40. The van der Waals surface area contributed by atoms with Gasteiger partial charge in [0.25, 0.3) is 0 Å². The molecule has 136 valence electrons. The molecule has 0 spiro atoms. The van der Waals surface area contributed by atoms with Crippen LogP contribution >= 0.6 is 0 Å². The predicted molar refractivity (Wildman–Crippen MR) is 99.4 cm³/mol. The molecule has 1 aliphatic carbocycles. The summed E-state index contributed by atoms with van der Waals surface area (Å²) in [4.78, 5) is 4.53. The average molecular weight is 353 g/mol. The summed E-state index contributed by atoms with van der Waals surface area (Å²) in [5.74, 6) is 0.993. The molecule has 6 heteroatoms. The Hall–Kier alpha value is -2.94. The normalized spacial score (nSPS) is 17.5. The third-order valence-corrected chi connectivity index (χ3v) is 5.23. The number of ether oxygens (including phenoxy) is 2. The van der Waals surface area contributed by atoms with E-state index in [1.165, 1.54) is 14.2 Å². The second-order valence-corrected chi connectivity index (χ2v) is 7.34. The van der Waals surface area contributed by atoms with Gasteiger partial charge in [0.05, 0.1) is 19.9 Å². The fraction of sp³-hybridized carbons (Fsp3) is 0.400. The lowest BCUT2D eigenvalue weighted by Crippen LogP contribution is -2.06. The topological polar surface area (TPSA) is 101 Å². The molecular formula is C20H23N3O3. The van der Waals surface area contributed by atoms with Gasteiger partial charge >= 0.3 is 0 Å². The van der Waals surface area contributed by atoms with Crippen LogP contribution in [0.25, 0.3) is 11.1 Å². The van der Waals surface area contributed by atoms with Gasteiger partial charge in [-0.25, -0.2) is 4.98 Å². The maximum Gasteiger partial charge on any atom is 0.200 e. The van der Waals surface area contributed by atoms with Crippen molar-refractivity contribution in [2.75, 3.05) is 20.0 Å². The van der Waals surface area contributed by atoms with E-state index in [0.29, 0.717) is 22.6 Å². The fourth-order valence-electron chi connectivity index (χ4n) is 3.50. The lowest BCUT2D eigenvalue weighted by molar-refractivity contribution is 0.340. The Balaban J connectivity index is 2.30. The van der Waals surface area contributed by atoms with Crippen LogP contribution < -0.4 is 15.2 Å². The van der Waals surface area contributed by atoms with Crippen molar-refractivity contribution in [2.45, 2.75) is 33.1 Å². The number of anilines is 1. The number of nitrogen functional groups attached to an aromatic ring is 1. The second-order valence-electron chi connectivity index (χ2n) is 7.34. The summed E-state index contributed by atoms with van der Waals surface area (Å²) in [5, 5.41) is 19.8. The maximum atomic E-state index is 10.2. The minimum absolute atomic E-state index is 0.0829. The molecule has 0 bridgehead atoms. The van der Waals surface area contributed by atoms with Gasteiger partial charge in [0, 0.05) is 11.5 Å². The third kappa shape index (κ3) is 2.70. The van der Waals surface area contributed by atoms with Crippen molar-refractivity contribution in [1.82, 2.24) is 4.98 Å². The largest absolute Gasteiger partial charge is 0.502 e. The van der Waals surface area contributed by atoms with E-state index in [9.17, 15) is 10.4 Å². The maximum absolute atomic E-state index is 10.2. The number of hydrogen-bond donors (Lipinski definition) is 2. The molecule has 1 atom stereocenters. The van der Waals surface area contributed by atoms with E-state index in [1.54, 1.807) is 12.1 Å². The van der Waals surface area contributed by atoms with Gasteiger partial charge in [0.15, 0.2) is 11.5 Å². The molecule has 1 aromatic heterocycles. The Morgan fingerprint density at radius 2 is 1.81 bits per heavy atom. The molecule has 0 aliphatic heterocycles. The van der Waals surface area contributed by atoms with E-state index in [0.717, 1.165) is 17.7 Å². The molecule has 0 amide bonds. The molecule has 1 heterocycles. The molecule has 2 aromatic rings. The Bertz CT molecular complexity index is 904. The minimum atomic E-state index is -0.0829. The van der Waals surface area contributed by atoms with E-state index < -0.39 is 0 Å². The summed E-state index contributed by atoms with van der Waals surface area (Å²) in [6, 6.07) is 5.53. The van der Waals surface area contributed by atoms with E-state index in [4.69, 9.17) is 15.2 Å². The van der Waals surface area contributed by atoms with Crippen molar-refractivity contribution in [2.24, 2.45) is 5.41 Å². The van der Waals surface area contributed by atoms with Gasteiger partial charge < -0.3 is 20.3 Å². The number of benzene rings is 1. The molecule has 1 fully saturated rings. The van der Waals surface area contributed by atoms with Gasteiger partial charge in [-0.15, -0.1) is 0 Å². The van der Waals surface area contributed by atoms with Crippen LogP contribution in [-0.2, 0) is 0 Å². The quantitative estimate of drug-likeness (QED) is 0.868. The number of nitrogens with zero attached hydrogens (tertiary/aromatic N) is 2. The number of phenols is 1. The summed E-state index contributed by atoms with van der Waals surface area (Å²) < 4.78 is 10.5. The Morgan fingerprint density at radius 3 is 2.23 bits per heavy atom. The number of methoxy groups -OCH3 is 2. The number of aromatic nitrogens is 1. The molecule has 3 N–H and O–H groups in total. The van der Waals surface area contributed by atoms with Crippen molar-refractivity contribution in [3.05, 3.63) is 29.0 Å². The van der Waals surface area contributed by atoms with E-state index >= 15 is 0 Å². The first kappa shape index (κ1) is 17.9. The van der Waals surface area contributed by atoms with Gasteiger partial charge in [-0.1, -0.05) is 13.8 Å². The van der Waals surface area contributed by atoms with Gasteiger partial charge in [0.2, 0.25) is 5.75 Å². The zero-order chi connectivity index (χ0) is 19.2. The van der Waals surface area contributed by atoms with Gasteiger partial charge in [-0.05, 0) is 42.0 Å². The molecule has 0 radical (unpaired) electrons. The van der Waals surface area contributed by atoms with Crippen LogP contribution in [-0.4, -0.2) is 24.3 Å². The van der Waals surface area contributed by atoms with Crippen LogP contribution in [0.15, 0.2) is 12.1 Å². The van der Waals surface area contributed by atoms with Crippen LogP contribution in [0.4, 0.5) is 5.82 Å². The van der Waals surface area contributed by atoms with E-state index in [-0.39, 0.29) is 28.5 Å². The number of pyridine rings is 1. The van der Waals surface area contributed by atoms with Crippen molar-refractivity contribution in [3.63, 3.8) is 0 Å². The molecule has 1 aromatic carbocycles. The Morgan fingerprint density at radius 1 is 1.27 bits per heavy atom. The minimum Gasteiger partial charge on any atom is -0.502 e. The zero-order valence-electron chi connectivity index (χ0n) is 15.7. The van der Waals surface area contributed by atoms with Crippen LogP contribution in [0.5, 0.6) is 17.2 Å². The molecule has 0 saturated heterocycles. The molecule has 1 aliphatic rings.